The third-order valence-electron chi connectivity index (χ3n) is 7.11. The summed E-state index contributed by atoms with van der Waals surface area (Å²) < 4.78 is 5.50. The highest BCUT2D eigenvalue weighted by Gasteiger charge is 2.45. The van der Waals surface area contributed by atoms with E-state index in [-0.39, 0.29) is 0 Å². The van der Waals surface area contributed by atoms with Crippen LogP contribution in [-0.4, -0.2) is 53.9 Å². The van der Waals surface area contributed by atoms with Gasteiger partial charge in [0.1, 0.15) is 5.82 Å². The summed E-state index contributed by atoms with van der Waals surface area (Å²) in [5.74, 6) is 1.09. The van der Waals surface area contributed by atoms with Gasteiger partial charge in [-0.25, -0.2) is 4.98 Å². The zero-order valence-corrected chi connectivity index (χ0v) is 18.1. The van der Waals surface area contributed by atoms with E-state index in [0.717, 1.165) is 81.2 Å². The van der Waals surface area contributed by atoms with Crippen molar-refractivity contribution in [3.05, 3.63) is 41.1 Å². The number of hydrogen-bond acceptors (Lipinski definition) is 6. The lowest BCUT2D eigenvalue weighted by molar-refractivity contribution is -0.147. The summed E-state index contributed by atoms with van der Waals surface area (Å²) in [4.78, 5) is 26.3. The summed E-state index contributed by atoms with van der Waals surface area (Å²) in [6, 6.07) is 8.10. The quantitative estimate of drug-likeness (QED) is 0.764. The molecule has 7 heteroatoms. The molecule has 1 aromatic carbocycles. The molecule has 1 N–H and O–H groups in total. The van der Waals surface area contributed by atoms with Crippen molar-refractivity contribution in [3.8, 4) is 0 Å². The molecule has 1 aliphatic heterocycles. The topological polar surface area (TPSA) is 78.8 Å². The third-order valence-corrected chi connectivity index (χ3v) is 7.11. The van der Waals surface area contributed by atoms with Gasteiger partial charge in [0.05, 0.1) is 24.3 Å². The molecular formula is C24H30N4O3. The molecule has 5 rings (SSSR count). The number of benzene rings is 1. The number of fused-ring (bicyclic) bond motifs is 1. The molecule has 1 saturated heterocycles. The van der Waals surface area contributed by atoms with Gasteiger partial charge in [0.15, 0.2) is 0 Å². The van der Waals surface area contributed by atoms with Crippen molar-refractivity contribution in [2.45, 2.75) is 50.9 Å². The lowest BCUT2D eigenvalue weighted by Crippen LogP contribution is -2.42. The number of anilines is 3. The Bertz CT molecular complexity index is 966. The Balaban J connectivity index is 1.49. The van der Waals surface area contributed by atoms with Crippen LogP contribution in [-0.2, 0) is 27.8 Å². The van der Waals surface area contributed by atoms with Gasteiger partial charge in [0, 0.05) is 30.9 Å². The Morgan fingerprint density at radius 1 is 1.13 bits per heavy atom. The van der Waals surface area contributed by atoms with Gasteiger partial charge in [0.2, 0.25) is 5.95 Å². The second-order valence-corrected chi connectivity index (χ2v) is 8.76. The van der Waals surface area contributed by atoms with Crippen molar-refractivity contribution in [2.24, 2.45) is 0 Å². The summed E-state index contributed by atoms with van der Waals surface area (Å²) in [6.07, 6.45) is 5.54. The first-order chi connectivity index (χ1) is 15.1. The van der Waals surface area contributed by atoms with Crippen molar-refractivity contribution < 1.29 is 14.6 Å². The van der Waals surface area contributed by atoms with E-state index in [9.17, 15) is 9.90 Å². The number of aryl methyl sites for hydroxylation is 1. The minimum Gasteiger partial charge on any atom is -0.481 e. The number of aromatic nitrogens is 2. The van der Waals surface area contributed by atoms with E-state index in [1.807, 2.05) is 12.1 Å². The molecule has 0 amide bonds. The number of ether oxygens (including phenoxy) is 1. The second kappa shape index (κ2) is 8.11. The summed E-state index contributed by atoms with van der Waals surface area (Å²) in [5, 5.41) is 9.76. The molecular weight excluding hydrogens is 392 g/mol. The number of nitrogens with zero attached hydrogens (tertiary/aromatic N) is 4. The highest BCUT2D eigenvalue weighted by atomic mass is 16.5. The summed E-state index contributed by atoms with van der Waals surface area (Å²) in [7, 11) is 0. The predicted octanol–water partition coefficient (Wildman–Crippen LogP) is 3.47. The average molecular weight is 423 g/mol. The van der Waals surface area contributed by atoms with E-state index in [0.29, 0.717) is 13.2 Å². The lowest BCUT2D eigenvalue weighted by atomic mass is 9.64. The van der Waals surface area contributed by atoms with Crippen molar-refractivity contribution in [3.63, 3.8) is 0 Å². The monoisotopic (exact) mass is 422 g/mol. The molecule has 2 aliphatic carbocycles. The van der Waals surface area contributed by atoms with Gasteiger partial charge in [-0.15, -0.1) is 0 Å². The first-order valence-electron chi connectivity index (χ1n) is 11.5. The van der Waals surface area contributed by atoms with Crippen molar-refractivity contribution in [1.82, 2.24) is 9.97 Å². The minimum absolute atomic E-state index is 0.699. The molecule has 31 heavy (non-hydrogen) atoms. The molecule has 2 fully saturated rings. The number of morpholine rings is 1. The average Bonchev–Trinajstić information content (AvgIpc) is 3.24. The maximum absolute atomic E-state index is 11.9. The fourth-order valence-electron chi connectivity index (χ4n) is 5.10. The third kappa shape index (κ3) is 3.45. The number of carbonyl (C=O) groups is 1. The van der Waals surface area contributed by atoms with Crippen LogP contribution in [0.5, 0.6) is 0 Å². The molecule has 0 bridgehead atoms. The Morgan fingerprint density at radius 3 is 2.48 bits per heavy atom. The smallest absolute Gasteiger partial charge is 0.314 e. The van der Waals surface area contributed by atoms with Gasteiger partial charge >= 0.3 is 5.97 Å². The van der Waals surface area contributed by atoms with Crippen molar-refractivity contribution in [1.29, 1.82) is 0 Å². The van der Waals surface area contributed by atoms with Crippen LogP contribution in [0.15, 0.2) is 24.3 Å². The molecule has 0 atom stereocenters. The number of hydrogen-bond donors (Lipinski definition) is 1. The van der Waals surface area contributed by atoms with Crippen LogP contribution in [0.25, 0.3) is 0 Å². The Hall–Kier alpha value is -2.67. The molecule has 0 spiro atoms. The van der Waals surface area contributed by atoms with Crippen LogP contribution in [0.4, 0.5) is 17.5 Å². The standard InChI is InChI=1S/C24H30N4O3/c1-2-28(18-9-7-17(8-10-18)24(22(29)30)11-4-12-24)21-19-5-3-6-20(19)25-23(26-21)27-13-15-31-16-14-27/h7-10H,2-6,11-16H2,1H3,(H,29,30). The molecule has 1 aromatic heterocycles. The minimum atomic E-state index is -0.706. The largest absolute Gasteiger partial charge is 0.481 e. The van der Waals surface area contributed by atoms with E-state index in [1.165, 1.54) is 11.3 Å². The van der Waals surface area contributed by atoms with Crippen LogP contribution >= 0.6 is 0 Å². The summed E-state index contributed by atoms with van der Waals surface area (Å²) >= 11 is 0. The Labute approximate surface area is 183 Å². The summed E-state index contributed by atoms with van der Waals surface area (Å²) in [6.45, 7) is 5.97. The van der Waals surface area contributed by atoms with Crippen LogP contribution in [0.3, 0.4) is 0 Å². The van der Waals surface area contributed by atoms with Crippen LogP contribution in [0.1, 0.15) is 49.4 Å². The second-order valence-electron chi connectivity index (χ2n) is 8.76. The molecule has 0 radical (unpaired) electrons. The van der Waals surface area contributed by atoms with Gasteiger partial charge < -0.3 is 19.6 Å². The normalized spacial score (nSPS) is 19.6. The fraction of sp³-hybridized carbons (Fsp3) is 0.542. The summed E-state index contributed by atoms with van der Waals surface area (Å²) in [5.41, 5.74) is 3.68. The number of carboxylic acid groups (broad SMARTS) is 1. The van der Waals surface area contributed by atoms with Gasteiger partial charge in [-0.2, -0.15) is 4.98 Å². The Morgan fingerprint density at radius 2 is 1.87 bits per heavy atom. The molecule has 3 aliphatic rings. The highest BCUT2D eigenvalue weighted by molar-refractivity contribution is 5.83. The van der Waals surface area contributed by atoms with Gasteiger partial charge in [-0.05, 0) is 56.7 Å². The fourth-order valence-corrected chi connectivity index (χ4v) is 5.10. The first-order valence-corrected chi connectivity index (χ1v) is 11.5. The van der Waals surface area contributed by atoms with Crippen molar-refractivity contribution in [2.75, 3.05) is 42.6 Å². The predicted molar refractivity (Wildman–Crippen MR) is 119 cm³/mol. The van der Waals surface area contributed by atoms with E-state index in [1.54, 1.807) is 0 Å². The first kappa shape index (κ1) is 20.2. The molecule has 164 valence electrons. The number of rotatable bonds is 6. The Kier molecular flexibility index (Phi) is 5.30. The molecule has 2 heterocycles. The highest BCUT2D eigenvalue weighted by Crippen LogP contribution is 2.44. The van der Waals surface area contributed by atoms with E-state index < -0.39 is 11.4 Å². The molecule has 7 nitrogen and oxygen atoms in total. The molecule has 1 saturated carbocycles. The van der Waals surface area contributed by atoms with Crippen LogP contribution in [0, 0.1) is 0 Å². The van der Waals surface area contributed by atoms with Gasteiger partial charge in [-0.3, -0.25) is 4.79 Å². The lowest BCUT2D eigenvalue weighted by Gasteiger charge is -2.38. The van der Waals surface area contributed by atoms with E-state index in [4.69, 9.17) is 14.7 Å². The SMILES string of the molecule is CCN(c1ccc(C2(C(=O)O)CCC2)cc1)c1nc(N2CCOCC2)nc2c1CCC2. The zero-order valence-electron chi connectivity index (χ0n) is 18.1. The molecule has 2 aromatic rings. The zero-order chi connectivity index (χ0) is 21.4. The van der Waals surface area contributed by atoms with Gasteiger partial charge in [0.25, 0.3) is 0 Å². The maximum atomic E-state index is 11.9. The maximum Gasteiger partial charge on any atom is 0.314 e. The molecule has 0 unspecified atom stereocenters. The van der Waals surface area contributed by atoms with Crippen molar-refractivity contribution >= 4 is 23.4 Å². The van der Waals surface area contributed by atoms with Crippen LogP contribution in [0.2, 0.25) is 0 Å². The van der Waals surface area contributed by atoms with E-state index in [2.05, 4.69) is 28.9 Å². The van der Waals surface area contributed by atoms with E-state index >= 15 is 0 Å². The number of carboxylic acids is 1. The number of aliphatic carboxylic acids is 1. The van der Waals surface area contributed by atoms with Gasteiger partial charge in [-0.1, -0.05) is 18.6 Å². The van der Waals surface area contributed by atoms with Crippen LogP contribution < -0.4 is 9.80 Å².